The minimum Gasteiger partial charge on any atom is -0.463 e. The zero-order chi connectivity index (χ0) is 10.7. The Morgan fingerprint density at radius 2 is 2.20 bits per heavy atom. The van der Waals surface area contributed by atoms with Crippen LogP contribution in [0, 0.1) is 5.92 Å². The van der Waals surface area contributed by atoms with E-state index in [2.05, 4.69) is 25.9 Å². The molecule has 82 valence electrons. The number of nitrogens with two attached hydrogens (primary N) is 1. The summed E-state index contributed by atoms with van der Waals surface area (Å²) in [4.78, 5) is 8.07. The molecule has 0 amide bonds. The van der Waals surface area contributed by atoms with Crippen LogP contribution in [0.2, 0.25) is 0 Å². The van der Waals surface area contributed by atoms with Gasteiger partial charge in [0.25, 0.3) is 0 Å². The molecule has 1 aliphatic rings. The SMILES string of the molecule is Nc1nc(OCC2CCCC2)ncc1Br. The van der Waals surface area contributed by atoms with Crippen LogP contribution < -0.4 is 10.5 Å². The smallest absolute Gasteiger partial charge is 0.318 e. The molecule has 0 saturated heterocycles. The molecule has 1 saturated carbocycles. The van der Waals surface area contributed by atoms with Crippen LogP contribution in [-0.2, 0) is 0 Å². The van der Waals surface area contributed by atoms with E-state index in [4.69, 9.17) is 10.5 Å². The molecule has 2 rings (SSSR count). The van der Waals surface area contributed by atoms with Gasteiger partial charge in [0.1, 0.15) is 5.82 Å². The van der Waals surface area contributed by atoms with Gasteiger partial charge in [-0.2, -0.15) is 4.98 Å². The van der Waals surface area contributed by atoms with Crippen LogP contribution >= 0.6 is 15.9 Å². The van der Waals surface area contributed by atoms with E-state index in [9.17, 15) is 0 Å². The van der Waals surface area contributed by atoms with Gasteiger partial charge in [-0.1, -0.05) is 12.8 Å². The van der Waals surface area contributed by atoms with Crippen LogP contribution in [0.5, 0.6) is 6.01 Å². The molecular weight excluding hydrogens is 258 g/mol. The number of hydrogen-bond donors (Lipinski definition) is 1. The van der Waals surface area contributed by atoms with Gasteiger partial charge in [0.15, 0.2) is 0 Å². The summed E-state index contributed by atoms with van der Waals surface area (Å²) in [6, 6.07) is 0.377. The van der Waals surface area contributed by atoms with E-state index in [1.807, 2.05) is 0 Å². The van der Waals surface area contributed by atoms with Crippen LogP contribution in [-0.4, -0.2) is 16.6 Å². The zero-order valence-corrected chi connectivity index (χ0v) is 10.0. The molecule has 0 radical (unpaired) electrons. The maximum Gasteiger partial charge on any atom is 0.318 e. The molecule has 2 N–H and O–H groups in total. The van der Waals surface area contributed by atoms with Crippen molar-refractivity contribution in [1.82, 2.24) is 9.97 Å². The van der Waals surface area contributed by atoms with Crippen LogP contribution in [0.25, 0.3) is 0 Å². The molecule has 5 heteroatoms. The van der Waals surface area contributed by atoms with E-state index >= 15 is 0 Å². The van der Waals surface area contributed by atoms with E-state index in [1.165, 1.54) is 25.7 Å². The lowest BCUT2D eigenvalue weighted by Crippen LogP contribution is -2.10. The maximum absolute atomic E-state index is 5.63. The third-order valence-corrected chi connectivity index (χ3v) is 3.28. The number of nitrogen functional groups attached to an aromatic ring is 1. The summed E-state index contributed by atoms with van der Waals surface area (Å²) < 4.78 is 6.21. The lowest BCUT2D eigenvalue weighted by atomic mass is 10.1. The molecule has 4 nitrogen and oxygen atoms in total. The Kier molecular flexibility index (Phi) is 3.41. The van der Waals surface area contributed by atoms with Crippen LogP contribution in [0.4, 0.5) is 5.82 Å². The lowest BCUT2D eigenvalue weighted by molar-refractivity contribution is 0.234. The first-order chi connectivity index (χ1) is 7.25. The van der Waals surface area contributed by atoms with Gasteiger partial charge in [-0.25, -0.2) is 4.98 Å². The van der Waals surface area contributed by atoms with Crippen molar-refractivity contribution in [2.75, 3.05) is 12.3 Å². The summed E-state index contributed by atoms with van der Waals surface area (Å²) in [6.07, 6.45) is 6.76. The molecule has 1 aliphatic carbocycles. The third kappa shape index (κ3) is 2.81. The molecule has 1 heterocycles. The minimum absolute atomic E-state index is 0.377. The van der Waals surface area contributed by atoms with Gasteiger partial charge in [0, 0.05) is 0 Å². The van der Waals surface area contributed by atoms with Crippen molar-refractivity contribution >= 4 is 21.7 Å². The van der Waals surface area contributed by atoms with Crippen LogP contribution in [0.1, 0.15) is 25.7 Å². The van der Waals surface area contributed by atoms with Gasteiger partial charge in [-0.15, -0.1) is 0 Å². The average molecular weight is 272 g/mol. The number of rotatable bonds is 3. The van der Waals surface area contributed by atoms with Crippen molar-refractivity contribution in [1.29, 1.82) is 0 Å². The standard InChI is InChI=1S/C10H14BrN3O/c11-8-5-13-10(14-9(8)12)15-6-7-3-1-2-4-7/h5,7H,1-4,6H2,(H2,12,13,14). The predicted octanol–water partition coefficient (Wildman–Crippen LogP) is 2.39. The first kappa shape index (κ1) is 10.7. The molecule has 0 spiro atoms. The van der Waals surface area contributed by atoms with Crippen LogP contribution in [0.15, 0.2) is 10.7 Å². The van der Waals surface area contributed by atoms with Crippen molar-refractivity contribution in [3.05, 3.63) is 10.7 Å². The predicted molar refractivity (Wildman–Crippen MR) is 61.6 cm³/mol. The number of ether oxygens (including phenoxy) is 1. The Labute approximate surface area is 97.4 Å². The van der Waals surface area contributed by atoms with E-state index in [-0.39, 0.29) is 0 Å². The topological polar surface area (TPSA) is 61.0 Å². The average Bonchev–Trinajstić information content (AvgIpc) is 2.73. The third-order valence-electron chi connectivity index (χ3n) is 2.67. The molecule has 1 aromatic heterocycles. The molecule has 0 aliphatic heterocycles. The van der Waals surface area contributed by atoms with Crippen LogP contribution in [0.3, 0.4) is 0 Å². The molecule has 1 aromatic rings. The van der Waals surface area contributed by atoms with E-state index in [0.29, 0.717) is 28.8 Å². The molecule has 0 aromatic carbocycles. The maximum atomic E-state index is 5.63. The second kappa shape index (κ2) is 4.79. The van der Waals surface area contributed by atoms with E-state index < -0.39 is 0 Å². The molecule has 0 bridgehead atoms. The van der Waals surface area contributed by atoms with Gasteiger partial charge in [-0.3, -0.25) is 0 Å². The van der Waals surface area contributed by atoms with E-state index in [0.717, 1.165) is 0 Å². The fourth-order valence-electron chi connectivity index (χ4n) is 1.80. The van der Waals surface area contributed by atoms with Crippen molar-refractivity contribution in [3.8, 4) is 6.01 Å². The number of anilines is 1. The Morgan fingerprint density at radius 1 is 1.47 bits per heavy atom. The highest BCUT2D eigenvalue weighted by molar-refractivity contribution is 9.10. The van der Waals surface area contributed by atoms with Crippen molar-refractivity contribution < 1.29 is 4.74 Å². The van der Waals surface area contributed by atoms with Gasteiger partial charge in [0.2, 0.25) is 0 Å². The fourth-order valence-corrected chi connectivity index (χ4v) is 1.99. The number of halogens is 1. The first-order valence-electron chi connectivity index (χ1n) is 5.16. The van der Waals surface area contributed by atoms with Crippen molar-refractivity contribution in [3.63, 3.8) is 0 Å². The largest absolute Gasteiger partial charge is 0.463 e. The summed E-state index contributed by atoms with van der Waals surface area (Å²) in [5, 5.41) is 0. The van der Waals surface area contributed by atoms with Crippen molar-refractivity contribution in [2.45, 2.75) is 25.7 Å². The second-order valence-corrected chi connectivity index (χ2v) is 4.70. The summed E-state index contributed by atoms with van der Waals surface area (Å²) in [5.74, 6) is 1.09. The molecule has 0 unspecified atom stereocenters. The van der Waals surface area contributed by atoms with Crippen molar-refractivity contribution in [2.24, 2.45) is 5.92 Å². The Bertz CT molecular complexity index is 339. The quantitative estimate of drug-likeness (QED) is 0.917. The van der Waals surface area contributed by atoms with Gasteiger partial charge >= 0.3 is 6.01 Å². The highest BCUT2D eigenvalue weighted by Crippen LogP contribution is 2.25. The highest BCUT2D eigenvalue weighted by atomic mass is 79.9. The summed E-state index contributed by atoms with van der Waals surface area (Å²) in [7, 11) is 0. The summed E-state index contributed by atoms with van der Waals surface area (Å²) in [6.45, 7) is 0.709. The molecular formula is C10H14BrN3O. The fraction of sp³-hybridized carbons (Fsp3) is 0.600. The van der Waals surface area contributed by atoms with Gasteiger partial charge in [0.05, 0.1) is 17.3 Å². The lowest BCUT2D eigenvalue weighted by Gasteiger charge is -2.09. The monoisotopic (exact) mass is 271 g/mol. The molecule has 15 heavy (non-hydrogen) atoms. The number of nitrogens with zero attached hydrogens (tertiary/aromatic N) is 2. The second-order valence-electron chi connectivity index (χ2n) is 3.85. The van der Waals surface area contributed by atoms with Gasteiger partial charge < -0.3 is 10.5 Å². The number of aromatic nitrogens is 2. The zero-order valence-electron chi connectivity index (χ0n) is 8.45. The summed E-state index contributed by atoms with van der Waals surface area (Å²) >= 11 is 3.24. The van der Waals surface area contributed by atoms with E-state index in [1.54, 1.807) is 6.20 Å². The Hall–Kier alpha value is -0.840. The number of hydrogen-bond acceptors (Lipinski definition) is 4. The molecule has 0 atom stereocenters. The molecule has 1 fully saturated rings. The van der Waals surface area contributed by atoms with Gasteiger partial charge in [-0.05, 0) is 34.7 Å². The first-order valence-corrected chi connectivity index (χ1v) is 5.96. The minimum atomic E-state index is 0.377. The Balaban J connectivity index is 1.90. The highest BCUT2D eigenvalue weighted by Gasteiger charge is 2.16. The normalized spacial score (nSPS) is 16.9. The Morgan fingerprint density at radius 3 is 2.87 bits per heavy atom. The summed E-state index contributed by atoms with van der Waals surface area (Å²) in [5.41, 5.74) is 5.63.